The highest BCUT2D eigenvalue weighted by molar-refractivity contribution is 5.95. The summed E-state index contributed by atoms with van der Waals surface area (Å²) in [6, 6.07) is 73.1. The van der Waals surface area contributed by atoms with E-state index in [1.165, 1.54) is 0 Å². The van der Waals surface area contributed by atoms with Crippen LogP contribution in [0.4, 0.5) is 0 Å². The van der Waals surface area contributed by atoms with Gasteiger partial charge in [0.2, 0.25) is 0 Å². The maximum Gasteiger partial charge on any atom is 0.160 e. The normalized spacial score (nSPS) is 11.1. The average molecular weight is 874 g/mol. The van der Waals surface area contributed by atoms with Crippen molar-refractivity contribution in [3.8, 4) is 112 Å². The molecule has 0 aliphatic rings. The molecule has 0 radical (unpaired) electrons. The minimum Gasteiger partial charge on any atom is -0.264 e. The monoisotopic (exact) mass is 873 g/mol. The van der Waals surface area contributed by atoms with Crippen molar-refractivity contribution in [2.45, 2.75) is 13.8 Å². The summed E-state index contributed by atoms with van der Waals surface area (Å²) >= 11 is 0. The fraction of sp³-hybridized carbons (Fsp3) is 0.0328. The van der Waals surface area contributed by atoms with Crippen LogP contribution < -0.4 is 0 Å². The maximum absolute atomic E-state index is 5.27. The van der Waals surface area contributed by atoms with Crippen molar-refractivity contribution in [3.05, 3.63) is 236 Å². The number of rotatable bonds is 10. The van der Waals surface area contributed by atoms with Crippen molar-refractivity contribution in [1.29, 1.82) is 0 Å². The first-order chi connectivity index (χ1) is 33.5. The first-order valence-electron chi connectivity index (χ1n) is 22.6. The second-order valence-corrected chi connectivity index (χ2v) is 16.7. The second-order valence-electron chi connectivity index (χ2n) is 16.7. The number of hydrogen-bond acceptors (Lipinski definition) is 7. The summed E-state index contributed by atoms with van der Waals surface area (Å²) in [5.41, 5.74) is 18.2. The molecule has 0 atom stereocenters. The molecule has 0 unspecified atom stereocenters. The van der Waals surface area contributed by atoms with Crippen LogP contribution >= 0.6 is 0 Å². The van der Waals surface area contributed by atoms with Gasteiger partial charge in [-0.15, -0.1) is 0 Å². The zero-order valence-corrected chi connectivity index (χ0v) is 37.5. The van der Waals surface area contributed by atoms with Gasteiger partial charge in [0.15, 0.2) is 11.6 Å². The Morgan fingerprint density at radius 2 is 0.706 bits per heavy atom. The van der Waals surface area contributed by atoms with E-state index in [1.54, 1.807) is 6.20 Å². The Morgan fingerprint density at radius 1 is 0.279 bits per heavy atom. The van der Waals surface area contributed by atoms with E-state index in [0.717, 1.165) is 106 Å². The van der Waals surface area contributed by atoms with E-state index in [4.69, 9.17) is 24.9 Å². The summed E-state index contributed by atoms with van der Waals surface area (Å²) in [5.74, 6) is 2.02. The summed E-state index contributed by atoms with van der Waals surface area (Å²) in [5, 5.41) is 0. The Labute approximate surface area is 395 Å². The summed E-state index contributed by atoms with van der Waals surface area (Å²) in [4.78, 5) is 34.8. The van der Waals surface area contributed by atoms with Crippen molar-refractivity contribution in [2.75, 3.05) is 0 Å². The molecule has 0 amide bonds. The van der Waals surface area contributed by atoms with Crippen LogP contribution in [0.2, 0.25) is 0 Å². The summed E-state index contributed by atoms with van der Waals surface area (Å²) in [6.45, 7) is 3.97. The van der Waals surface area contributed by atoms with Crippen molar-refractivity contribution in [3.63, 3.8) is 0 Å². The van der Waals surface area contributed by atoms with Gasteiger partial charge >= 0.3 is 0 Å². The number of pyridine rings is 1. The van der Waals surface area contributed by atoms with Gasteiger partial charge in [-0.2, -0.15) is 0 Å². The molecule has 4 heterocycles. The summed E-state index contributed by atoms with van der Waals surface area (Å²) < 4.78 is 0. The van der Waals surface area contributed by atoms with Crippen molar-refractivity contribution >= 4 is 0 Å². The van der Waals surface area contributed by atoms with Crippen molar-refractivity contribution in [2.24, 2.45) is 0 Å². The maximum atomic E-state index is 5.27. The van der Waals surface area contributed by atoms with Crippen molar-refractivity contribution in [1.82, 2.24) is 34.9 Å². The predicted molar refractivity (Wildman–Crippen MR) is 275 cm³/mol. The molecule has 0 saturated heterocycles. The molecule has 0 spiro atoms. The molecular weight excluding hydrogens is 831 g/mol. The van der Waals surface area contributed by atoms with E-state index in [2.05, 4.69) is 162 Å². The van der Waals surface area contributed by atoms with Gasteiger partial charge < -0.3 is 0 Å². The highest BCUT2D eigenvalue weighted by Crippen LogP contribution is 2.42. The number of hydrogen-bond donors (Lipinski definition) is 0. The Morgan fingerprint density at radius 3 is 1.24 bits per heavy atom. The zero-order valence-electron chi connectivity index (χ0n) is 37.5. The Balaban J connectivity index is 1.05. The van der Waals surface area contributed by atoms with E-state index in [-0.39, 0.29) is 0 Å². The molecule has 0 fully saturated rings. The highest BCUT2D eigenvalue weighted by atomic mass is 14.9. The Kier molecular flexibility index (Phi) is 11.3. The van der Waals surface area contributed by atoms with Gasteiger partial charge in [0, 0.05) is 62.6 Å². The Hall–Kier alpha value is -9.07. The van der Waals surface area contributed by atoms with E-state index in [0.29, 0.717) is 17.5 Å². The molecule has 0 N–H and O–H groups in total. The zero-order chi connectivity index (χ0) is 45.8. The number of benzene rings is 7. The lowest BCUT2D eigenvalue weighted by Gasteiger charge is -2.18. The molecule has 0 aliphatic carbocycles. The second kappa shape index (κ2) is 18.4. The molecule has 11 aromatic rings. The molecule has 7 aromatic carbocycles. The molecule has 4 aromatic heterocycles. The third kappa shape index (κ3) is 8.72. The van der Waals surface area contributed by atoms with E-state index in [1.807, 2.05) is 80.7 Å². The predicted octanol–water partition coefficient (Wildman–Crippen LogP) is 14.7. The van der Waals surface area contributed by atoms with Crippen LogP contribution in [-0.2, 0) is 0 Å². The number of aryl methyl sites for hydroxylation is 2. The minimum absolute atomic E-state index is 0.641. The lowest BCUT2D eigenvalue weighted by Crippen LogP contribution is -1.99. The van der Waals surface area contributed by atoms with E-state index < -0.39 is 0 Å². The molecule has 0 aliphatic heterocycles. The largest absolute Gasteiger partial charge is 0.264 e. The van der Waals surface area contributed by atoms with Crippen LogP contribution in [-0.4, -0.2) is 34.9 Å². The topological polar surface area (TPSA) is 90.2 Å². The number of aromatic nitrogens is 7. The van der Waals surface area contributed by atoms with Crippen LogP contribution in [0.3, 0.4) is 0 Å². The summed E-state index contributed by atoms with van der Waals surface area (Å²) in [7, 11) is 0. The average Bonchev–Trinajstić information content (AvgIpc) is 3.41. The highest BCUT2D eigenvalue weighted by Gasteiger charge is 2.19. The first kappa shape index (κ1) is 41.6. The van der Waals surface area contributed by atoms with Gasteiger partial charge in [0.05, 0.1) is 28.5 Å². The minimum atomic E-state index is 0.641. The lowest BCUT2D eigenvalue weighted by atomic mass is 9.88. The van der Waals surface area contributed by atoms with Gasteiger partial charge in [-0.05, 0) is 84.1 Å². The Bertz CT molecular complexity index is 3500. The first-order valence-corrected chi connectivity index (χ1v) is 22.6. The molecule has 68 heavy (non-hydrogen) atoms. The van der Waals surface area contributed by atoms with Gasteiger partial charge in [-0.1, -0.05) is 170 Å². The molecular formula is C61H43N7. The third-order valence-electron chi connectivity index (χ3n) is 12.0. The standard InChI is InChI=1S/C61H43N7/c1-40-33-58(64-41(2)63-40)59-52(46-24-13-26-48(35-46)56-37-54(42-17-6-3-7-18-42)65-60(67-56)44-21-10-5-11-22-44)30-15-31-53(59)47-25-14-27-49(36-47)57-38-55(43-19-8-4-9-20-43)66-61(68-57)50-28-12-23-45(34-50)51-29-16-32-62-39-51/h3-39H,1-2H3. The smallest absolute Gasteiger partial charge is 0.160 e. The summed E-state index contributed by atoms with van der Waals surface area (Å²) in [6.07, 6.45) is 3.67. The molecule has 0 saturated carbocycles. The molecule has 0 bridgehead atoms. The molecule has 7 nitrogen and oxygen atoms in total. The fourth-order valence-corrected chi connectivity index (χ4v) is 8.77. The van der Waals surface area contributed by atoms with Crippen LogP contribution in [0.5, 0.6) is 0 Å². The SMILES string of the molecule is Cc1cc(-c2c(-c3cccc(-c4cc(-c5ccccc5)nc(-c5ccccc5)n4)c3)cccc2-c2cccc(-c3cc(-c4ccccc4)nc(-c4cccc(-c5cccnc5)c4)n3)c2)nc(C)n1. The van der Waals surface area contributed by atoms with E-state index in [9.17, 15) is 0 Å². The molecule has 322 valence electrons. The van der Waals surface area contributed by atoms with Gasteiger partial charge in [0.25, 0.3) is 0 Å². The lowest BCUT2D eigenvalue weighted by molar-refractivity contribution is 1.02. The van der Waals surface area contributed by atoms with Crippen molar-refractivity contribution < 1.29 is 0 Å². The molecule has 11 rings (SSSR count). The van der Waals surface area contributed by atoms with Crippen LogP contribution in [0.15, 0.2) is 225 Å². The molecule has 7 heteroatoms. The van der Waals surface area contributed by atoms with Gasteiger partial charge in [0.1, 0.15) is 5.82 Å². The van der Waals surface area contributed by atoms with Gasteiger partial charge in [-0.3, -0.25) is 4.98 Å². The quantitative estimate of drug-likeness (QED) is 0.135. The van der Waals surface area contributed by atoms with Gasteiger partial charge in [-0.25, -0.2) is 29.9 Å². The van der Waals surface area contributed by atoms with Crippen LogP contribution in [0.25, 0.3) is 112 Å². The fourth-order valence-electron chi connectivity index (χ4n) is 8.77. The van der Waals surface area contributed by atoms with Crippen LogP contribution in [0, 0.1) is 13.8 Å². The third-order valence-corrected chi connectivity index (χ3v) is 12.0. The number of nitrogens with zero attached hydrogens (tertiary/aromatic N) is 7. The van der Waals surface area contributed by atoms with Crippen LogP contribution in [0.1, 0.15) is 11.5 Å². The van der Waals surface area contributed by atoms with E-state index >= 15 is 0 Å².